The predicted molar refractivity (Wildman–Crippen MR) is 207 cm³/mol. The van der Waals surface area contributed by atoms with Gasteiger partial charge in [0.05, 0.1) is 12.6 Å². The maximum Gasteiger partial charge on any atom is 2.00 e. The predicted octanol–water partition coefficient (Wildman–Crippen LogP) is 10.3. The van der Waals surface area contributed by atoms with Crippen LogP contribution in [0.15, 0.2) is 146 Å². The molecule has 8 aromatic rings. The second-order valence-electron chi connectivity index (χ2n) is 12.9. The van der Waals surface area contributed by atoms with E-state index in [0.717, 1.165) is 38.2 Å². The van der Waals surface area contributed by atoms with Gasteiger partial charge in [-0.15, -0.1) is 39.3 Å². The third kappa shape index (κ3) is 8.62. The van der Waals surface area contributed by atoms with Crippen LogP contribution in [0, 0.1) is 0 Å². The molecule has 1 N–H and O–H groups in total. The van der Waals surface area contributed by atoms with E-state index in [-0.39, 0.29) is 37.4 Å². The van der Waals surface area contributed by atoms with Gasteiger partial charge < -0.3 is 14.7 Å². The molecule has 0 aliphatic heterocycles. The second-order valence-corrected chi connectivity index (χ2v) is 13.3. The van der Waals surface area contributed by atoms with Crippen LogP contribution in [0.2, 0.25) is 5.02 Å². The molecule has 0 fully saturated rings. The van der Waals surface area contributed by atoms with Gasteiger partial charge in [0.1, 0.15) is 16.7 Å². The van der Waals surface area contributed by atoms with E-state index in [9.17, 15) is 14.7 Å². The summed E-state index contributed by atoms with van der Waals surface area (Å²) in [6.45, 7) is 6.50. The minimum atomic E-state index is -0.159. The molecule has 0 bridgehead atoms. The number of aromatic nitrogens is 3. The summed E-state index contributed by atoms with van der Waals surface area (Å²) in [5, 5.41) is 26.1. The Morgan fingerprint density at radius 2 is 1.12 bits per heavy atom. The van der Waals surface area contributed by atoms with E-state index in [4.69, 9.17) is 11.6 Å². The van der Waals surface area contributed by atoms with Crippen molar-refractivity contribution in [1.82, 2.24) is 15.0 Å². The van der Waals surface area contributed by atoms with Crippen molar-refractivity contribution in [3.05, 3.63) is 167 Å². The second kappa shape index (κ2) is 16.9. The number of benzene rings is 7. The van der Waals surface area contributed by atoms with Crippen LogP contribution in [0.1, 0.15) is 37.5 Å². The third-order valence-electron chi connectivity index (χ3n) is 8.34. The van der Waals surface area contributed by atoms with E-state index < -0.39 is 0 Å². The van der Waals surface area contributed by atoms with Gasteiger partial charge in [-0.1, -0.05) is 93.0 Å². The number of phenols is 1. The molecule has 8 heteroatoms. The zero-order valence-electron chi connectivity index (χ0n) is 28.8. The van der Waals surface area contributed by atoms with Crippen LogP contribution in [0.3, 0.4) is 0 Å². The Morgan fingerprint density at radius 1 is 0.615 bits per heavy atom. The van der Waals surface area contributed by atoms with Crippen molar-refractivity contribution in [1.29, 1.82) is 0 Å². The zero-order valence-corrected chi connectivity index (χ0v) is 32.1. The molecule has 7 aromatic carbocycles. The van der Waals surface area contributed by atoms with Crippen LogP contribution in [-0.4, -0.2) is 32.7 Å². The molecule has 0 spiro atoms. The minimum Gasteiger partial charge on any atom is -0.505 e. The summed E-state index contributed by atoms with van der Waals surface area (Å²) < 4.78 is 0. The quantitative estimate of drug-likeness (QED) is 0.142. The van der Waals surface area contributed by atoms with Crippen molar-refractivity contribution in [3.8, 4) is 22.6 Å². The summed E-state index contributed by atoms with van der Waals surface area (Å²) in [6, 6.07) is 46.1. The Balaban J connectivity index is 0.000000254. The first-order chi connectivity index (χ1) is 24.7. The fraction of sp³-hybridized carbons (Fsp3) is 0.0909. The van der Waals surface area contributed by atoms with Gasteiger partial charge in [0, 0.05) is 16.1 Å². The first kappa shape index (κ1) is 38.0. The normalized spacial score (nSPS) is 10.8. The van der Waals surface area contributed by atoms with E-state index in [0.29, 0.717) is 32.9 Å². The van der Waals surface area contributed by atoms with Crippen molar-refractivity contribution < 1.29 is 40.9 Å². The first-order valence-corrected chi connectivity index (χ1v) is 16.7. The maximum absolute atomic E-state index is 11.8. The number of hydrogen-bond acceptors (Lipinski definition) is 5. The Bertz CT molecular complexity index is 2380. The summed E-state index contributed by atoms with van der Waals surface area (Å²) in [5.74, 6) is 0.144. The summed E-state index contributed by atoms with van der Waals surface area (Å²) in [4.78, 5) is 21.3. The van der Waals surface area contributed by atoms with E-state index in [2.05, 4.69) is 67.4 Å². The average molecular weight is 779 g/mol. The molecule has 0 saturated heterocycles. The molecule has 1 heterocycles. The van der Waals surface area contributed by atoms with Crippen LogP contribution < -0.4 is 0 Å². The summed E-state index contributed by atoms with van der Waals surface area (Å²) in [5.41, 5.74) is 5.83. The smallest absolute Gasteiger partial charge is 0.505 e. The molecule has 254 valence electrons. The van der Waals surface area contributed by atoms with Gasteiger partial charge >= 0.3 is 26.2 Å². The number of hydrogen-bond donors (Lipinski definition) is 1. The van der Waals surface area contributed by atoms with E-state index in [1.807, 2.05) is 48.5 Å². The topological polar surface area (TPSA) is 85.1 Å². The largest absolute Gasteiger partial charge is 2.00 e. The molecule has 0 saturated carbocycles. The fourth-order valence-corrected chi connectivity index (χ4v) is 5.87. The van der Waals surface area contributed by atoms with Gasteiger partial charge in [0.2, 0.25) is 0 Å². The molecule has 6 nitrogen and oxygen atoms in total. The van der Waals surface area contributed by atoms with Gasteiger partial charge in [-0.25, -0.2) is 0 Å². The number of fused-ring (bicyclic) bond motifs is 3. The Hall–Kier alpha value is -5.23. The molecule has 1 aromatic heterocycles. The number of phenolic OH excluding ortho intramolecular Hbond substituents is 1. The van der Waals surface area contributed by atoms with Gasteiger partial charge in [0.15, 0.2) is 5.75 Å². The van der Waals surface area contributed by atoms with Gasteiger partial charge in [-0.05, 0) is 68.9 Å². The number of carbonyl (C=O) groups excluding carboxylic acids is 2. The number of nitrogens with zero attached hydrogens (tertiary/aromatic N) is 3. The molecule has 0 radical (unpaired) electrons. The Labute approximate surface area is 326 Å². The zero-order chi connectivity index (χ0) is 36.0. The minimum absolute atomic E-state index is 0. The van der Waals surface area contributed by atoms with Gasteiger partial charge in [0.25, 0.3) is 0 Å². The molecular formula is C44H34ClN3O3Zr. The number of aromatic hydroxyl groups is 1. The van der Waals surface area contributed by atoms with Crippen molar-refractivity contribution in [2.75, 3.05) is 0 Å². The molecule has 8 rings (SSSR count). The summed E-state index contributed by atoms with van der Waals surface area (Å²) >= 11 is 6.18. The molecule has 0 aliphatic rings. The van der Waals surface area contributed by atoms with Crippen LogP contribution in [0.5, 0.6) is 5.75 Å². The third-order valence-corrected chi connectivity index (χ3v) is 8.57. The molecule has 0 amide bonds. The van der Waals surface area contributed by atoms with Crippen molar-refractivity contribution in [2.45, 2.75) is 26.2 Å². The molecule has 0 aliphatic carbocycles. The average Bonchev–Trinajstić information content (AvgIpc) is 3.58. The van der Waals surface area contributed by atoms with Crippen LogP contribution in [0.25, 0.3) is 49.4 Å². The SMILES string of the molecule is CC(C)(C)c1cc(-c2c3ccccc3cc3ccccc23)c(O)c(-n2nc3ccc(Cl)cc3n2)c1.O=[C-]c1ccccc1.O=[C-]c1ccccc1.[Zr+2]. The van der Waals surface area contributed by atoms with Crippen LogP contribution in [0.4, 0.5) is 0 Å². The maximum atomic E-state index is 11.8. The van der Waals surface area contributed by atoms with E-state index in [1.54, 1.807) is 73.2 Å². The van der Waals surface area contributed by atoms with E-state index in [1.165, 1.54) is 4.80 Å². The summed E-state index contributed by atoms with van der Waals surface area (Å²) in [6.07, 6.45) is 3.55. The van der Waals surface area contributed by atoms with Crippen LogP contribution >= 0.6 is 11.6 Å². The standard InChI is InChI=1S/C30H24ClN3O.2C7H5O.Zr/c1-30(2,3)20-15-24(28-22-10-6-4-8-18(22)14-19-9-5-7-11-23(19)28)29(35)27(16-20)34-32-25-13-12-21(31)17-26(25)33-34;2*8-6-7-4-2-1-3-5-7;/h4-17,35H,1-3H3;2*1-5H;/q;2*-1;+2. The van der Waals surface area contributed by atoms with Crippen molar-refractivity contribution in [2.24, 2.45) is 0 Å². The molecule has 0 unspecified atom stereocenters. The first-order valence-electron chi connectivity index (χ1n) is 16.3. The number of rotatable bonds is 4. The molecule has 52 heavy (non-hydrogen) atoms. The Morgan fingerprint density at radius 3 is 1.62 bits per heavy atom. The number of halogens is 1. The molecule has 0 atom stereocenters. The van der Waals surface area contributed by atoms with Crippen molar-refractivity contribution >= 4 is 56.8 Å². The monoisotopic (exact) mass is 777 g/mol. The summed E-state index contributed by atoms with van der Waals surface area (Å²) in [7, 11) is 0. The van der Waals surface area contributed by atoms with Crippen molar-refractivity contribution in [3.63, 3.8) is 0 Å². The Kier molecular flexibility index (Phi) is 12.3. The van der Waals surface area contributed by atoms with Gasteiger partial charge in [-0.3, -0.25) is 0 Å². The fourth-order valence-electron chi connectivity index (χ4n) is 5.71. The van der Waals surface area contributed by atoms with E-state index >= 15 is 0 Å². The van der Waals surface area contributed by atoms with Crippen LogP contribution in [-0.2, 0) is 41.2 Å². The molecular weight excluding hydrogens is 745 g/mol. The van der Waals surface area contributed by atoms with Gasteiger partial charge in [-0.2, -0.15) is 35.4 Å².